The molecule has 26 heavy (non-hydrogen) atoms. The number of ketones is 1. The van der Waals surface area contributed by atoms with Crippen molar-refractivity contribution in [1.29, 1.82) is 0 Å². The van der Waals surface area contributed by atoms with Crippen LogP contribution in [-0.2, 0) is 20.2 Å². The summed E-state index contributed by atoms with van der Waals surface area (Å²) in [6.45, 7) is 3.75. The van der Waals surface area contributed by atoms with E-state index in [1.165, 1.54) is 43.3 Å². The fourth-order valence-corrected chi connectivity index (χ4v) is 4.59. The maximum Gasteiger partial charge on any atom is 0.206 e. The second-order valence-corrected chi connectivity index (χ2v) is 8.73. The lowest BCUT2D eigenvalue weighted by atomic mass is 9.84. The summed E-state index contributed by atoms with van der Waals surface area (Å²) in [7, 11) is -3.74. The van der Waals surface area contributed by atoms with E-state index in [0.29, 0.717) is 30.6 Å². The zero-order chi connectivity index (χ0) is 18.9. The molecule has 1 fully saturated rings. The minimum Gasteiger partial charge on any atom is -0.385 e. The van der Waals surface area contributed by atoms with Crippen LogP contribution in [0.3, 0.4) is 0 Å². The standard InChI is InChI=1S/C20H22O5S/c1-14-13-20(22,10-11-25-14)17-4-3-5-19(12-17)26(23,24)18-8-6-16(7-9-18)15(2)21/h3-9,12,14,22H,10-11,13H2,1-2H3/t14-,20-/m0/s1. The van der Waals surface area contributed by atoms with Gasteiger partial charge in [-0.1, -0.05) is 24.3 Å². The van der Waals surface area contributed by atoms with E-state index in [0.717, 1.165) is 0 Å². The lowest BCUT2D eigenvalue weighted by Gasteiger charge is -2.36. The maximum atomic E-state index is 12.9. The van der Waals surface area contributed by atoms with Crippen molar-refractivity contribution in [3.8, 4) is 0 Å². The molecule has 0 radical (unpaired) electrons. The third-order valence-electron chi connectivity index (χ3n) is 4.80. The summed E-state index contributed by atoms with van der Waals surface area (Å²) < 4.78 is 31.3. The minimum atomic E-state index is -3.74. The molecule has 5 nitrogen and oxygen atoms in total. The van der Waals surface area contributed by atoms with Crippen molar-refractivity contribution >= 4 is 15.6 Å². The van der Waals surface area contributed by atoms with E-state index < -0.39 is 15.4 Å². The van der Waals surface area contributed by atoms with Crippen molar-refractivity contribution < 1.29 is 23.1 Å². The Morgan fingerprint density at radius 1 is 1.15 bits per heavy atom. The van der Waals surface area contributed by atoms with Gasteiger partial charge < -0.3 is 9.84 Å². The van der Waals surface area contributed by atoms with Gasteiger partial charge in [-0.25, -0.2) is 8.42 Å². The third-order valence-corrected chi connectivity index (χ3v) is 6.56. The molecule has 1 heterocycles. The first-order valence-electron chi connectivity index (χ1n) is 8.53. The van der Waals surface area contributed by atoms with Crippen LogP contribution in [0.2, 0.25) is 0 Å². The van der Waals surface area contributed by atoms with Gasteiger partial charge in [0.05, 0.1) is 28.1 Å². The van der Waals surface area contributed by atoms with Crippen LogP contribution in [-0.4, -0.2) is 32.0 Å². The van der Waals surface area contributed by atoms with Crippen molar-refractivity contribution in [2.24, 2.45) is 0 Å². The van der Waals surface area contributed by atoms with Crippen molar-refractivity contribution in [1.82, 2.24) is 0 Å². The molecule has 0 spiro atoms. The molecular formula is C20H22O5S. The Balaban J connectivity index is 1.97. The number of carbonyl (C=O) groups is 1. The van der Waals surface area contributed by atoms with Crippen LogP contribution in [0.25, 0.3) is 0 Å². The molecule has 6 heteroatoms. The molecule has 1 aliphatic heterocycles. The minimum absolute atomic E-state index is 0.0897. The molecule has 1 saturated heterocycles. The van der Waals surface area contributed by atoms with Gasteiger partial charge in [-0.2, -0.15) is 0 Å². The van der Waals surface area contributed by atoms with E-state index in [1.54, 1.807) is 12.1 Å². The molecule has 2 atom stereocenters. The number of sulfone groups is 1. The fraction of sp³-hybridized carbons (Fsp3) is 0.350. The maximum absolute atomic E-state index is 12.9. The van der Waals surface area contributed by atoms with E-state index in [4.69, 9.17) is 4.74 Å². The van der Waals surface area contributed by atoms with Crippen molar-refractivity contribution in [2.75, 3.05) is 6.61 Å². The number of carbonyl (C=O) groups excluding carboxylic acids is 1. The Morgan fingerprint density at radius 2 is 1.85 bits per heavy atom. The van der Waals surface area contributed by atoms with Gasteiger partial charge in [-0.05, 0) is 43.7 Å². The Kier molecular flexibility index (Phi) is 5.01. The van der Waals surface area contributed by atoms with Crippen LogP contribution in [0.5, 0.6) is 0 Å². The molecule has 3 rings (SSSR count). The fourth-order valence-electron chi connectivity index (χ4n) is 3.29. The highest BCUT2D eigenvalue weighted by atomic mass is 32.2. The molecule has 0 aliphatic carbocycles. The van der Waals surface area contributed by atoms with Gasteiger partial charge >= 0.3 is 0 Å². The predicted octanol–water partition coefficient (Wildman–Crippen LogP) is 3.11. The summed E-state index contributed by atoms with van der Waals surface area (Å²) in [5.74, 6) is -0.119. The summed E-state index contributed by atoms with van der Waals surface area (Å²) in [6.07, 6.45) is 0.756. The zero-order valence-electron chi connectivity index (χ0n) is 14.8. The predicted molar refractivity (Wildman–Crippen MR) is 96.9 cm³/mol. The molecule has 0 bridgehead atoms. The molecule has 0 amide bonds. The van der Waals surface area contributed by atoms with E-state index in [2.05, 4.69) is 0 Å². The molecule has 138 valence electrons. The molecule has 0 unspecified atom stereocenters. The zero-order valence-corrected chi connectivity index (χ0v) is 15.6. The largest absolute Gasteiger partial charge is 0.385 e. The quantitative estimate of drug-likeness (QED) is 0.832. The summed E-state index contributed by atoms with van der Waals surface area (Å²) in [5, 5.41) is 11.0. The summed E-state index contributed by atoms with van der Waals surface area (Å²) in [5.41, 5.74) is -0.0564. The van der Waals surface area contributed by atoms with Crippen LogP contribution in [0.4, 0.5) is 0 Å². The van der Waals surface area contributed by atoms with Crippen molar-refractivity contribution in [3.63, 3.8) is 0 Å². The Hall–Kier alpha value is -2.02. The van der Waals surface area contributed by atoms with Crippen molar-refractivity contribution in [3.05, 3.63) is 59.7 Å². The number of ether oxygens (including phenoxy) is 1. The SMILES string of the molecule is CC(=O)c1ccc(S(=O)(=O)c2cccc([C@]3(O)CCO[C@@H](C)C3)c2)cc1. The molecular weight excluding hydrogens is 352 g/mol. The second kappa shape index (κ2) is 6.95. The Bertz CT molecular complexity index is 917. The number of Topliss-reactive ketones (excluding diaryl/α,β-unsaturated/α-hetero) is 1. The second-order valence-electron chi connectivity index (χ2n) is 6.78. The Morgan fingerprint density at radius 3 is 2.46 bits per heavy atom. The average Bonchev–Trinajstić information content (AvgIpc) is 2.62. The van der Waals surface area contributed by atoms with Gasteiger partial charge in [0, 0.05) is 18.4 Å². The van der Waals surface area contributed by atoms with Gasteiger partial charge in [0.25, 0.3) is 0 Å². The highest BCUT2D eigenvalue weighted by Crippen LogP contribution is 2.36. The molecule has 0 aromatic heterocycles. The van der Waals surface area contributed by atoms with E-state index in [-0.39, 0.29) is 21.7 Å². The topological polar surface area (TPSA) is 80.7 Å². The number of hydrogen-bond donors (Lipinski definition) is 1. The highest BCUT2D eigenvalue weighted by molar-refractivity contribution is 7.91. The van der Waals surface area contributed by atoms with Gasteiger partial charge in [-0.3, -0.25) is 4.79 Å². The van der Waals surface area contributed by atoms with E-state index in [1.807, 2.05) is 6.92 Å². The van der Waals surface area contributed by atoms with Crippen LogP contribution in [0.1, 0.15) is 42.6 Å². The van der Waals surface area contributed by atoms with Crippen molar-refractivity contribution in [2.45, 2.75) is 48.2 Å². The van der Waals surface area contributed by atoms with Gasteiger partial charge in [0.1, 0.15) is 0 Å². The molecule has 0 saturated carbocycles. The third kappa shape index (κ3) is 3.58. The van der Waals surface area contributed by atoms with Crippen LogP contribution in [0, 0.1) is 0 Å². The summed E-state index contributed by atoms with van der Waals surface area (Å²) in [4.78, 5) is 11.6. The first kappa shape index (κ1) is 18.8. The van der Waals surface area contributed by atoms with Crippen LogP contribution in [0.15, 0.2) is 58.3 Å². The first-order valence-corrected chi connectivity index (χ1v) is 10.0. The van der Waals surface area contributed by atoms with Gasteiger partial charge in [0.15, 0.2) is 5.78 Å². The van der Waals surface area contributed by atoms with E-state index >= 15 is 0 Å². The number of rotatable bonds is 4. The van der Waals surface area contributed by atoms with E-state index in [9.17, 15) is 18.3 Å². The number of aliphatic hydroxyl groups is 1. The smallest absolute Gasteiger partial charge is 0.206 e. The highest BCUT2D eigenvalue weighted by Gasteiger charge is 2.35. The average molecular weight is 374 g/mol. The van der Waals surface area contributed by atoms with Gasteiger partial charge in [0.2, 0.25) is 9.84 Å². The lowest BCUT2D eigenvalue weighted by molar-refractivity contribution is -0.101. The monoisotopic (exact) mass is 374 g/mol. The molecule has 2 aromatic carbocycles. The Labute approximate surface area is 153 Å². The molecule has 1 N–H and O–H groups in total. The lowest BCUT2D eigenvalue weighted by Crippen LogP contribution is -2.37. The summed E-state index contributed by atoms with van der Waals surface area (Å²) in [6, 6.07) is 12.3. The normalized spacial score (nSPS) is 23.6. The van der Waals surface area contributed by atoms with Crippen LogP contribution < -0.4 is 0 Å². The first-order chi connectivity index (χ1) is 12.2. The van der Waals surface area contributed by atoms with Crippen LogP contribution >= 0.6 is 0 Å². The number of benzene rings is 2. The molecule has 1 aliphatic rings. The summed E-state index contributed by atoms with van der Waals surface area (Å²) >= 11 is 0. The van der Waals surface area contributed by atoms with Gasteiger partial charge in [-0.15, -0.1) is 0 Å². The molecule has 2 aromatic rings. The number of hydrogen-bond acceptors (Lipinski definition) is 5.